The van der Waals surface area contributed by atoms with Crippen LogP contribution in [0.4, 0.5) is 0 Å². The summed E-state index contributed by atoms with van der Waals surface area (Å²) in [4.78, 5) is 6.41. The molecular weight excluding hydrogens is 176 g/mol. The molecule has 0 fully saturated rings. The van der Waals surface area contributed by atoms with Gasteiger partial charge in [0.25, 0.3) is 0 Å². The van der Waals surface area contributed by atoms with Crippen LogP contribution in [-0.2, 0) is 6.54 Å². The van der Waals surface area contributed by atoms with Crippen molar-refractivity contribution in [1.29, 1.82) is 0 Å². The molecule has 0 aliphatic rings. The third-order valence-corrected chi connectivity index (χ3v) is 2.03. The van der Waals surface area contributed by atoms with E-state index in [1.54, 1.807) is 6.07 Å². The van der Waals surface area contributed by atoms with Crippen LogP contribution in [0.1, 0.15) is 31.2 Å². The van der Waals surface area contributed by atoms with Crippen molar-refractivity contribution in [2.75, 3.05) is 14.1 Å². The fraction of sp³-hybridized carbons (Fsp3) is 0.545. The van der Waals surface area contributed by atoms with Crippen molar-refractivity contribution < 1.29 is 5.11 Å². The number of rotatable bonds is 3. The van der Waals surface area contributed by atoms with Crippen molar-refractivity contribution in [3.05, 3.63) is 23.5 Å². The Morgan fingerprint density at radius 1 is 1.36 bits per heavy atom. The normalized spacial score (nSPS) is 11.3. The molecule has 0 radical (unpaired) electrons. The summed E-state index contributed by atoms with van der Waals surface area (Å²) in [6.45, 7) is 4.87. The molecule has 0 amide bonds. The molecule has 0 unspecified atom stereocenters. The summed E-state index contributed by atoms with van der Waals surface area (Å²) in [6, 6.07) is 3.60. The Morgan fingerprint density at radius 3 is 2.50 bits per heavy atom. The van der Waals surface area contributed by atoms with Gasteiger partial charge in [0.1, 0.15) is 5.75 Å². The van der Waals surface area contributed by atoms with Crippen LogP contribution >= 0.6 is 0 Å². The van der Waals surface area contributed by atoms with E-state index >= 15 is 0 Å². The third-order valence-electron chi connectivity index (χ3n) is 2.03. The van der Waals surface area contributed by atoms with E-state index in [0.29, 0.717) is 12.5 Å². The van der Waals surface area contributed by atoms with Gasteiger partial charge in [0.05, 0.1) is 5.69 Å². The lowest BCUT2D eigenvalue weighted by atomic mass is 10.1. The van der Waals surface area contributed by atoms with Gasteiger partial charge in [-0.25, -0.2) is 0 Å². The van der Waals surface area contributed by atoms with Crippen LogP contribution in [0.3, 0.4) is 0 Å². The molecule has 1 aromatic heterocycles. The molecular formula is C11H18N2O. The van der Waals surface area contributed by atoms with Crippen LogP contribution < -0.4 is 0 Å². The standard InChI is InChI=1S/C11H18N2O/c1-8(2)9-5-6-11(14)10(12-9)7-13(3)4/h5-6,8,14H,7H2,1-4H3. The van der Waals surface area contributed by atoms with Gasteiger partial charge in [-0.3, -0.25) is 4.98 Å². The van der Waals surface area contributed by atoms with E-state index in [0.717, 1.165) is 11.4 Å². The molecule has 14 heavy (non-hydrogen) atoms. The maximum atomic E-state index is 9.58. The fourth-order valence-corrected chi connectivity index (χ4v) is 1.25. The zero-order valence-electron chi connectivity index (χ0n) is 9.28. The van der Waals surface area contributed by atoms with Crippen molar-refractivity contribution in [3.8, 4) is 5.75 Å². The van der Waals surface area contributed by atoms with Crippen LogP contribution in [-0.4, -0.2) is 29.1 Å². The van der Waals surface area contributed by atoms with Gasteiger partial charge in [-0.05, 0) is 32.1 Å². The molecule has 0 saturated heterocycles. The highest BCUT2D eigenvalue weighted by molar-refractivity contribution is 5.28. The fourth-order valence-electron chi connectivity index (χ4n) is 1.25. The molecule has 0 atom stereocenters. The predicted molar refractivity (Wildman–Crippen MR) is 57.4 cm³/mol. The van der Waals surface area contributed by atoms with E-state index in [1.807, 2.05) is 25.1 Å². The summed E-state index contributed by atoms with van der Waals surface area (Å²) in [5, 5.41) is 9.58. The predicted octanol–water partition coefficient (Wildman–Crippen LogP) is 1.97. The summed E-state index contributed by atoms with van der Waals surface area (Å²) >= 11 is 0. The molecule has 1 aromatic rings. The van der Waals surface area contributed by atoms with Crippen LogP contribution in [0.2, 0.25) is 0 Å². The summed E-state index contributed by atoms with van der Waals surface area (Å²) in [5.74, 6) is 0.680. The van der Waals surface area contributed by atoms with Crippen molar-refractivity contribution in [2.45, 2.75) is 26.3 Å². The van der Waals surface area contributed by atoms with E-state index in [4.69, 9.17) is 0 Å². The summed E-state index contributed by atoms with van der Waals surface area (Å²) < 4.78 is 0. The molecule has 0 aromatic carbocycles. The second-order valence-corrected chi connectivity index (χ2v) is 4.09. The minimum absolute atomic E-state index is 0.281. The average Bonchev–Trinajstić information content (AvgIpc) is 2.07. The van der Waals surface area contributed by atoms with E-state index < -0.39 is 0 Å². The molecule has 0 spiro atoms. The average molecular weight is 194 g/mol. The monoisotopic (exact) mass is 194 g/mol. The van der Waals surface area contributed by atoms with Gasteiger partial charge < -0.3 is 10.0 Å². The van der Waals surface area contributed by atoms with Crippen molar-refractivity contribution in [1.82, 2.24) is 9.88 Å². The molecule has 1 rings (SSSR count). The lowest BCUT2D eigenvalue weighted by Gasteiger charge is -2.12. The molecule has 78 valence electrons. The first-order chi connectivity index (χ1) is 6.50. The van der Waals surface area contributed by atoms with Crippen molar-refractivity contribution in [3.63, 3.8) is 0 Å². The largest absolute Gasteiger partial charge is 0.506 e. The maximum Gasteiger partial charge on any atom is 0.138 e. The second kappa shape index (κ2) is 4.42. The Labute approximate surface area is 85.4 Å². The van der Waals surface area contributed by atoms with Crippen LogP contribution in [0.25, 0.3) is 0 Å². The van der Waals surface area contributed by atoms with Gasteiger partial charge >= 0.3 is 0 Å². The number of hydrogen-bond acceptors (Lipinski definition) is 3. The number of nitrogens with zero attached hydrogens (tertiary/aromatic N) is 2. The zero-order chi connectivity index (χ0) is 10.7. The molecule has 1 N–H and O–H groups in total. The minimum Gasteiger partial charge on any atom is -0.506 e. The third kappa shape index (κ3) is 2.70. The summed E-state index contributed by atoms with van der Waals surface area (Å²) in [6.07, 6.45) is 0. The van der Waals surface area contributed by atoms with Gasteiger partial charge in [0, 0.05) is 12.2 Å². The minimum atomic E-state index is 0.281. The lowest BCUT2D eigenvalue weighted by Crippen LogP contribution is -2.12. The molecule has 1 heterocycles. The Kier molecular flexibility index (Phi) is 3.47. The molecule has 0 aliphatic heterocycles. The number of aromatic hydroxyl groups is 1. The van der Waals surface area contributed by atoms with Gasteiger partial charge in [-0.2, -0.15) is 0 Å². The smallest absolute Gasteiger partial charge is 0.138 e. The number of hydrogen-bond donors (Lipinski definition) is 1. The maximum absolute atomic E-state index is 9.58. The van der Waals surface area contributed by atoms with Gasteiger partial charge in [0.2, 0.25) is 0 Å². The molecule has 0 aliphatic carbocycles. The van der Waals surface area contributed by atoms with E-state index in [-0.39, 0.29) is 5.75 Å². The Balaban J connectivity index is 2.96. The second-order valence-electron chi connectivity index (χ2n) is 4.09. The molecule has 0 bridgehead atoms. The topological polar surface area (TPSA) is 36.4 Å². The Morgan fingerprint density at radius 2 is 2.00 bits per heavy atom. The number of pyridine rings is 1. The van der Waals surface area contributed by atoms with Crippen molar-refractivity contribution in [2.24, 2.45) is 0 Å². The first kappa shape index (κ1) is 11.0. The first-order valence-electron chi connectivity index (χ1n) is 4.84. The SMILES string of the molecule is CC(C)c1ccc(O)c(CN(C)C)n1. The Bertz CT molecular complexity index is 308. The quantitative estimate of drug-likeness (QED) is 0.799. The van der Waals surface area contributed by atoms with Crippen LogP contribution in [0.5, 0.6) is 5.75 Å². The summed E-state index contributed by atoms with van der Waals surface area (Å²) in [7, 11) is 3.92. The lowest BCUT2D eigenvalue weighted by molar-refractivity contribution is 0.377. The number of aromatic nitrogens is 1. The molecule has 3 heteroatoms. The Hall–Kier alpha value is -1.09. The molecule has 3 nitrogen and oxygen atoms in total. The van der Waals surface area contributed by atoms with Gasteiger partial charge in [-0.1, -0.05) is 13.8 Å². The van der Waals surface area contributed by atoms with Crippen molar-refractivity contribution >= 4 is 0 Å². The van der Waals surface area contributed by atoms with Crippen LogP contribution in [0.15, 0.2) is 12.1 Å². The highest BCUT2D eigenvalue weighted by Crippen LogP contribution is 2.20. The van der Waals surface area contributed by atoms with Gasteiger partial charge in [-0.15, -0.1) is 0 Å². The highest BCUT2D eigenvalue weighted by Gasteiger charge is 2.07. The van der Waals surface area contributed by atoms with Gasteiger partial charge in [0.15, 0.2) is 0 Å². The highest BCUT2D eigenvalue weighted by atomic mass is 16.3. The van der Waals surface area contributed by atoms with E-state index in [9.17, 15) is 5.11 Å². The summed E-state index contributed by atoms with van der Waals surface area (Å²) in [5.41, 5.74) is 1.78. The van der Waals surface area contributed by atoms with E-state index in [1.165, 1.54) is 0 Å². The first-order valence-corrected chi connectivity index (χ1v) is 4.84. The van der Waals surface area contributed by atoms with E-state index in [2.05, 4.69) is 18.8 Å². The molecule has 0 saturated carbocycles. The zero-order valence-corrected chi connectivity index (χ0v) is 9.28. The van der Waals surface area contributed by atoms with Crippen LogP contribution in [0, 0.1) is 0 Å².